The predicted molar refractivity (Wildman–Crippen MR) is 118 cm³/mol. The Kier molecular flexibility index (Phi) is 10.7. The van der Waals surface area contributed by atoms with E-state index in [0.717, 1.165) is 31.4 Å². The number of hydrogen-bond donors (Lipinski definition) is 2. The summed E-state index contributed by atoms with van der Waals surface area (Å²) in [7, 11) is -3.80. The molecule has 5 nitrogen and oxygen atoms in total. The summed E-state index contributed by atoms with van der Waals surface area (Å²) < 4.78 is 27.0. The molecule has 1 saturated heterocycles. The Labute approximate surface area is 177 Å². The van der Waals surface area contributed by atoms with Crippen LogP contribution < -0.4 is 10.0 Å². The Bertz CT molecular complexity index is 695. The number of hydrogen-bond acceptors (Lipinski definition) is 4. The number of benzene rings is 1. The molecule has 0 saturated carbocycles. The number of amides is 1. The van der Waals surface area contributed by atoms with Crippen LogP contribution in [0.5, 0.6) is 0 Å². The Morgan fingerprint density at radius 3 is 2.10 bits per heavy atom. The van der Waals surface area contributed by atoms with Crippen LogP contribution in [0.1, 0.15) is 89.5 Å². The molecular formula is C23H38N2O3S. The Morgan fingerprint density at radius 2 is 1.55 bits per heavy atom. The van der Waals surface area contributed by atoms with Gasteiger partial charge in [0.1, 0.15) is 0 Å². The van der Waals surface area contributed by atoms with E-state index in [1.54, 1.807) is 12.1 Å². The highest BCUT2D eigenvalue weighted by Crippen LogP contribution is 2.15. The van der Waals surface area contributed by atoms with Gasteiger partial charge in [0.2, 0.25) is 0 Å². The summed E-state index contributed by atoms with van der Waals surface area (Å²) in [5.74, 6) is -0.461. The van der Waals surface area contributed by atoms with Gasteiger partial charge in [0.25, 0.3) is 15.9 Å². The van der Waals surface area contributed by atoms with Gasteiger partial charge in [0, 0.05) is 0 Å². The van der Waals surface area contributed by atoms with Gasteiger partial charge < -0.3 is 5.32 Å². The lowest BCUT2D eigenvalue weighted by molar-refractivity contribution is -0.121. The third kappa shape index (κ3) is 8.87. The molecule has 1 atom stereocenters. The second-order valence-electron chi connectivity index (χ2n) is 8.19. The van der Waals surface area contributed by atoms with Gasteiger partial charge in [-0.15, -0.1) is 0 Å². The van der Waals surface area contributed by atoms with Crippen LogP contribution in [-0.4, -0.2) is 26.9 Å². The Morgan fingerprint density at radius 1 is 0.966 bits per heavy atom. The van der Waals surface area contributed by atoms with Crippen LogP contribution in [0.4, 0.5) is 0 Å². The standard InChI is InChI=1S/C23H38N2O3S/c1-2-3-4-5-6-7-8-9-10-11-13-20-15-17-21(18-16-20)29(27,28)25-23(26)22-14-12-19-24-22/h15-18,22,24H,2-14,19H2,1H3,(H,25,26)/t22-/m1/s1. The summed E-state index contributed by atoms with van der Waals surface area (Å²) in [6, 6.07) is 6.52. The highest BCUT2D eigenvalue weighted by molar-refractivity contribution is 7.90. The molecule has 0 unspecified atom stereocenters. The zero-order valence-corrected chi connectivity index (χ0v) is 18.7. The van der Waals surface area contributed by atoms with Crippen molar-refractivity contribution >= 4 is 15.9 Å². The van der Waals surface area contributed by atoms with E-state index >= 15 is 0 Å². The van der Waals surface area contributed by atoms with Crippen LogP contribution >= 0.6 is 0 Å². The zero-order valence-electron chi connectivity index (χ0n) is 17.9. The fourth-order valence-electron chi connectivity index (χ4n) is 3.82. The van der Waals surface area contributed by atoms with Gasteiger partial charge >= 0.3 is 0 Å². The normalized spacial score (nSPS) is 16.8. The lowest BCUT2D eigenvalue weighted by atomic mass is 10.0. The van der Waals surface area contributed by atoms with Gasteiger partial charge in [0.05, 0.1) is 10.9 Å². The molecule has 0 aliphatic carbocycles. The highest BCUT2D eigenvalue weighted by Gasteiger charge is 2.26. The van der Waals surface area contributed by atoms with E-state index in [4.69, 9.17) is 0 Å². The van der Waals surface area contributed by atoms with E-state index in [2.05, 4.69) is 17.0 Å². The van der Waals surface area contributed by atoms with Crippen molar-refractivity contribution in [2.75, 3.05) is 6.54 Å². The quantitative estimate of drug-likeness (QED) is 0.426. The van der Waals surface area contributed by atoms with Crippen molar-refractivity contribution in [3.63, 3.8) is 0 Å². The van der Waals surface area contributed by atoms with Gasteiger partial charge in [-0.1, -0.05) is 76.8 Å². The van der Waals surface area contributed by atoms with Gasteiger partial charge in [-0.2, -0.15) is 0 Å². The maximum atomic E-state index is 12.4. The lowest BCUT2D eigenvalue weighted by Gasteiger charge is -2.12. The molecule has 1 aromatic rings. The van der Waals surface area contributed by atoms with Crippen LogP contribution in [0.2, 0.25) is 0 Å². The average Bonchev–Trinajstić information content (AvgIpc) is 3.24. The molecule has 1 amide bonds. The molecule has 1 fully saturated rings. The van der Waals surface area contributed by atoms with Crippen molar-refractivity contribution in [3.05, 3.63) is 29.8 Å². The van der Waals surface area contributed by atoms with E-state index in [1.807, 2.05) is 12.1 Å². The molecule has 1 aromatic carbocycles. The fourth-order valence-corrected chi connectivity index (χ4v) is 4.84. The number of carbonyl (C=O) groups excluding carboxylic acids is 1. The molecule has 1 heterocycles. The zero-order chi connectivity index (χ0) is 21.0. The second-order valence-corrected chi connectivity index (χ2v) is 9.88. The third-order valence-electron chi connectivity index (χ3n) is 5.66. The minimum absolute atomic E-state index is 0.149. The molecule has 164 valence electrons. The molecule has 0 aromatic heterocycles. The summed E-state index contributed by atoms with van der Waals surface area (Å²) in [4.78, 5) is 12.2. The number of aryl methyl sites for hydroxylation is 1. The summed E-state index contributed by atoms with van der Waals surface area (Å²) in [6.45, 7) is 3.01. The molecule has 2 N–H and O–H groups in total. The molecule has 1 aliphatic heterocycles. The van der Waals surface area contributed by atoms with Crippen molar-refractivity contribution in [3.8, 4) is 0 Å². The molecular weight excluding hydrogens is 384 g/mol. The molecule has 2 rings (SSSR count). The largest absolute Gasteiger partial charge is 0.306 e. The van der Waals surface area contributed by atoms with Gasteiger partial charge in [-0.05, 0) is 49.9 Å². The summed E-state index contributed by atoms with van der Waals surface area (Å²) in [5, 5.41) is 3.02. The summed E-state index contributed by atoms with van der Waals surface area (Å²) >= 11 is 0. The van der Waals surface area contributed by atoms with Crippen molar-refractivity contribution in [2.45, 2.75) is 101 Å². The molecule has 6 heteroatoms. The minimum atomic E-state index is -3.80. The van der Waals surface area contributed by atoms with Gasteiger partial charge in [0.15, 0.2) is 0 Å². The topological polar surface area (TPSA) is 75.3 Å². The van der Waals surface area contributed by atoms with E-state index in [0.29, 0.717) is 6.42 Å². The first-order valence-corrected chi connectivity index (χ1v) is 12.9. The molecule has 29 heavy (non-hydrogen) atoms. The second kappa shape index (κ2) is 13.0. The summed E-state index contributed by atoms with van der Waals surface area (Å²) in [6.07, 6.45) is 15.6. The fraction of sp³-hybridized carbons (Fsp3) is 0.696. The SMILES string of the molecule is CCCCCCCCCCCCc1ccc(S(=O)(=O)NC(=O)[C@H]2CCCN2)cc1. The highest BCUT2D eigenvalue weighted by atomic mass is 32.2. The van der Waals surface area contributed by atoms with Crippen molar-refractivity contribution in [1.82, 2.24) is 10.0 Å². The minimum Gasteiger partial charge on any atom is -0.306 e. The summed E-state index contributed by atoms with van der Waals surface area (Å²) in [5.41, 5.74) is 1.15. The first kappa shape index (κ1) is 23.9. The van der Waals surface area contributed by atoms with Crippen molar-refractivity contribution in [1.29, 1.82) is 0 Å². The first-order chi connectivity index (χ1) is 14.0. The van der Waals surface area contributed by atoms with Gasteiger partial charge in [-0.3, -0.25) is 4.79 Å². The number of carbonyl (C=O) groups is 1. The molecule has 0 spiro atoms. The predicted octanol–water partition coefficient (Wildman–Crippen LogP) is 4.71. The molecule has 0 radical (unpaired) electrons. The van der Waals surface area contributed by atoms with Crippen LogP contribution in [0.25, 0.3) is 0 Å². The number of sulfonamides is 1. The number of unbranched alkanes of at least 4 members (excludes halogenated alkanes) is 9. The van der Waals surface area contributed by atoms with E-state index < -0.39 is 22.0 Å². The maximum absolute atomic E-state index is 12.4. The van der Waals surface area contributed by atoms with E-state index in [9.17, 15) is 13.2 Å². The van der Waals surface area contributed by atoms with E-state index in [-0.39, 0.29) is 4.90 Å². The van der Waals surface area contributed by atoms with Gasteiger partial charge in [-0.25, -0.2) is 13.1 Å². The Hall–Kier alpha value is -1.40. The number of rotatable bonds is 14. The van der Waals surface area contributed by atoms with Crippen LogP contribution in [0, 0.1) is 0 Å². The monoisotopic (exact) mass is 422 g/mol. The molecule has 0 bridgehead atoms. The van der Waals surface area contributed by atoms with E-state index in [1.165, 1.54) is 57.8 Å². The van der Waals surface area contributed by atoms with Crippen LogP contribution in [0.15, 0.2) is 29.2 Å². The van der Waals surface area contributed by atoms with Crippen LogP contribution in [0.3, 0.4) is 0 Å². The Balaban J connectivity index is 1.64. The lowest BCUT2D eigenvalue weighted by Crippen LogP contribution is -2.43. The third-order valence-corrected chi connectivity index (χ3v) is 7.03. The van der Waals surface area contributed by atoms with Crippen LogP contribution in [-0.2, 0) is 21.2 Å². The number of nitrogens with one attached hydrogen (secondary N) is 2. The van der Waals surface area contributed by atoms with Crippen molar-refractivity contribution < 1.29 is 13.2 Å². The molecule has 1 aliphatic rings. The average molecular weight is 423 g/mol. The van der Waals surface area contributed by atoms with Crippen molar-refractivity contribution in [2.24, 2.45) is 0 Å². The first-order valence-electron chi connectivity index (χ1n) is 11.4. The smallest absolute Gasteiger partial charge is 0.264 e. The maximum Gasteiger partial charge on any atom is 0.264 e.